The van der Waals surface area contributed by atoms with Crippen LogP contribution in [0.4, 0.5) is 11.4 Å². The molecule has 0 aliphatic rings. The highest BCUT2D eigenvalue weighted by Gasteiger charge is 2.14. The van der Waals surface area contributed by atoms with Gasteiger partial charge in [-0.25, -0.2) is 4.98 Å². The molecule has 0 radical (unpaired) electrons. The number of hydrogen-bond acceptors (Lipinski definition) is 3. The number of nitrogens with one attached hydrogen (secondary N) is 2. The first-order valence-corrected chi connectivity index (χ1v) is 8.66. The minimum absolute atomic E-state index is 0.184. The summed E-state index contributed by atoms with van der Waals surface area (Å²) >= 11 is 0. The fourth-order valence-electron chi connectivity index (χ4n) is 2.59. The highest BCUT2D eigenvalue weighted by molar-refractivity contribution is 6.06. The number of hydrogen-bond donors (Lipinski definition) is 2. The van der Waals surface area contributed by atoms with Gasteiger partial charge in [0.05, 0.1) is 0 Å². The summed E-state index contributed by atoms with van der Waals surface area (Å²) in [6.07, 6.45) is 0. The molecule has 2 aromatic carbocycles. The van der Waals surface area contributed by atoms with E-state index in [2.05, 4.69) is 15.6 Å². The van der Waals surface area contributed by atoms with Gasteiger partial charge in [0, 0.05) is 11.4 Å². The number of rotatable bonds is 4. The summed E-state index contributed by atoms with van der Waals surface area (Å²) in [6, 6.07) is 18.0. The van der Waals surface area contributed by atoms with Crippen molar-refractivity contribution in [3.05, 3.63) is 88.7 Å². The Labute approximate surface area is 158 Å². The third-order valence-corrected chi connectivity index (χ3v) is 4.38. The number of pyridine rings is 1. The molecule has 3 aromatic rings. The summed E-state index contributed by atoms with van der Waals surface area (Å²) in [5.41, 5.74) is 4.98. The molecule has 0 aliphatic carbocycles. The third kappa shape index (κ3) is 4.39. The Morgan fingerprint density at radius 1 is 0.741 bits per heavy atom. The minimum Gasteiger partial charge on any atom is -0.321 e. The lowest BCUT2D eigenvalue weighted by atomic mass is 10.1. The smallest absolute Gasteiger partial charge is 0.274 e. The monoisotopic (exact) mass is 359 g/mol. The van der Waals surface area contributed by atoms with Crippen molar-refractivity contribution in [3.63, 3.8) is 0 Å². The Morgan fingerprint density at radius 3 is 2.00 bits per heavy atom. The molecule has 0 bridgehead atoms. The topological polar surface area (TPSA) is 71.1 Å². The van der Waals surface area contributed by atoms with Crippen molar-refractivity contribution in [2.45, 2.75) is 20.8 Å². The summed E-state index contributed by atoms with van der Waals surface area (Å²) in [4.78, 5) is 29.2. The maximum absolute atomic E-state index is 12.5. The van der Waals surface area contributed by atoms with Crippen molar-refractivity contribution >= 4 is 23.2 Å². The predicted molar refractivity (Wildman–Crippen MR) is 107 cm³/mol. The van der Waals surface area contributed by atoms with E-state index < -0.39 is 0 Å². The van der Waals surface area contributed by atoms with Crippen LogP contribution in [-0.2, 0) is 0 Å². The van der Waals surface area contributed by atoms with Crippen molar-refractivity contribution in [2.24, 2.45) is 0 Å². The van der Waals surface area contributed by atoms with Gasteiger partial charge < -0.3 is 10.6 Å². The van der Waals surface area contributed by atoms with Crippen LogP contribution < -0.4 is 10.6 Å². The number of benzene rings is 2. The second-order valence-electron chi connectivity index (χ2n) is 6.43. The molecule has 3 rings (SSSR count). The summed E-state index contributed by atoms with van der Waals surface area (Å²) in [7, 11) is 0. The van der Waals surface area contributed by atoms with Crippen LogP contribution in [0.1, 0.15) is 37.7 Å². The van der Waals surface area contributed by atoms with Crippen LogP contribution in [0.3, 0.4) is 0 Å². The zero-order chi connectivity index (χ0) is 19.4. The van der Waals surface area contributed by atoms with Gasteiger partial charge in [0.2, 0.25) is 0 Å². The van der Waals surface area contributed by atoms with E-state index in [0.717, 1.165) is 22.4 Å². The molecule has 0 unspecified atom stereocenters. The van der Waals surface area contributed by atoms with Crippen molar-refractivity contribution in [2.75, 3.05) is 10.6 Å². The molecular weight excluding hydrogens is 338 g/mol. The molecule has 0 fully saturated rings. The largest absolute Gasteiger partial charge is 0.321 e. The zero-order valence-corrected chi connectivity index (χ0v) is 15.5. The minimum atomic E-state index is -0.361. The average Bonchev–Trinajstić information content (AvgIpc) is 2.67. The lowest BCUT2D eigenvalue weighted by Crippen LogP contribution is -2.19. The van der Waals surface area contributed by atoms with Crippen LogP contribution in [-0.4, -0.2) is 16.8 Å². The van der Waals surface area contributed by atoms with Crippen LogP contribution in [0.5, 0.6) is 0 Å². The lowest BCUT2D eigenvalue weighted by molar-refractivity contribution is 0.101. The van der Waals surface area contributed by atoms with Gasteiger partial charge in [0.1, 0.15) is 11.4 Å². The Kier molecular flexibility index (Phi) is 5.31. The van der Waals surface area contributed by atoms with Crippen molar-refractivity contribution in [1.29, 1.82) is 0 Å². The predicted octanol–water partition coefficient (Wildman–Crippen LogP) is 4.51. The van der Waals surface area contributed by atoms with Crippen LogP contribution in [0, 0.1) is 20.8 Å². The van der Waals surface area contributed by atoms with Crippen LogP contribution in [0.15, 0.2) is 60.7 Å². The van der Waals surface area contributed by atoms with E-state index in [1.807, 2.05) is 63.2 Å². The first-order chi connectivity index (χ1) is 12.9. The summed E-state index contributed by atoms with van der Waals surface area (Å²) in [5.74, 6) is -0.714. The molecule has 5 nitrogen and oxygen atoms in total. The Bertz CT molecular complexity index is 995. The van der Waals surface area contributed by atoms with E-state index in [0.29, 0.717) is 5.69 Å². The highest BCUT2D eigenvalue weighted by Crippen LogP contribution is 2.18. The number of amides is 2. The van der Waals surface area contributed by atoms with E-state index >= 15 is 0 Å². The molecule has 136 valence electrons. The summed E-state index contributed by atoms with van der Waals surface area (Å²) < 4.78 is 0. The van der Waals surface area contributed by atoms with Crippen LogP contribution in [0.2, 0.25) is 0 Å². The zero-order valence-electron chi connectivity index (χ0n) is 15.5. The second kappa shape index (κ2) is 7.83. The molecule has 0 spiro atoms. The summed E-state index contributed by atoms with van der Waals surface area (Å²) in [6.45, 7) is 5.91. The number of nitrogens with zero attached hydrogens (tertiary/aromatic N) is 1. The SMILES string of the molecule is Cc1ccc(NC(=O)c2cccc(C(=O)Nc3cccc(C)c3C)n2)cc1. The van der Waals surface area contributed by atoms with Gasteiger partial charge in [-0.2, -0.15) is 0 Å². The Morgan fingerprint density at radius 2 is 1.33 bits per heavy atom. The van der Waals surface area contributed by atoms with Gasteiger partial charge in [-0.15, -0.1) is 0 Å². The van der Waals surface area contributed by atoms with E-state index in [9.17, 15) is 9.59 Å². The van der Waals surface area contributed by atoms with Crippen LogP contribution in [0.25, 0.3) is 0 Å². The maximum Gasteiger partial charge on any atom is 0.274 e. The summed E-state index contributed by atoms with van der Waals surface area (Å²) in [5, 5.41) is 5.64. The van der Waals surface area contributed by atoms with Gasteiger partial charge in [-0.1, -0.05) is 35.9 Å². The first-order valence-electron chi connectivity index (χ1n) is 8.66. The van der Waals surface area contributed by atoms with E-state index in [1.54, 1.807) is 18.2 Å². The molecule has 2 amide bonds. The molecule has 0 atom stereocenters. The van der Waals surface area contributed by atoms with Gasteiger partial charge in [-0.3, -0.25) is 9.59 Å². The molecule has 2 N–H and O–H groups in total. The number of anilines is 2. The molecule has 1 aromatic heterocycles. The van der Waals surface area contributed by atoms with Crippen molar-refractivity contribution in [1.82, 2.24) is 4.98 Å². The molecular formula is C22H21N3O2. The third-order valence-electron chi connectivity index (χ3n) is 4.38. The Balaban J connectivity index is 1.76. The van der Waals surface area contributed by atoms with Crippen molar-refractivity contribution < 1.29 is 9.59 Å². The average molecular weight is 359 g/mol. The van der Waals surface area contributed by atoms with Gasteiger partial charge in [0.25, 0.3) is 11.8 Å². The van der Waals surface area contributed by atoms with E-state index in [1.165, 1.54) is 0 Å². The molecule has 1 heterocycles. The second-order valence-corrected chi connectivity index (χ2v) is 6.43. The van der Waals surface area contributed by atoms with Crippen LogP contribution >= 0.6 is 0 Å². The van der Waals surface area contributed by atoms with Gasteiger partial charge in [-0.05, 0) is 62.2 Å². The van der Waals surface area contributed by atoms with E-state index in [4.69, 9.17) is 0 Å². The lowest BCUT2D eigenvalue weighted by Gasteiger charge is -2.10. The first kappa shape index (κ1) is 18.3. The molecule has 5 heteroatoms. The number of aryl methyl sites for hydroxylation is 2. The number of carbonyl (C=O) groups excluding carboxylic acids is 2. The molecule has 0 saturated carbocycles. The fourth-order valence-corrected chi connectivity index (χ4v) is 2.59. The van der Waals surface area contributed by atoms with Crippen molar-refractivity contribution in [3.8, 4) is 0 Å². The highest BCUT2D eigenvalue weighted by atomic mass is 16.2. The molecule has 0 saturated heterocycles. The molecule has 0 aliphatic heterocycles. The normalized spacial score (nSPS) is 10.3. The van der Waals surface area contributed by atoms with Gasteiger partial charge in [0.15, 0.2) is 0 Å². The van der Waals surface area contributed by atoms with E-state index in [-0.39, 0.29) is 23.2 Å². The quantitative estimate of drug-likeness (QED) is 0.720. The molecule has 27 heavy (non-hydrogen) atoms. The number of aromatic nitrogens is 1. The van der Waals surface area contributed by atoms with Gasteiger partial charge >= 0.3 is 0 Å². The maximum atomic E-state index is 12.5. The standard InChI is InChI=1S/C22H21N3O2/c1-14-10-12-17(13-11-14)23-21(26)19-8-5-9-20(24-19)22(27)25-18-7-4-6-15(2)16(18)3/h4-13H,1-3H3,(H,23,26)(H,25,27). The number of carbonyl (C=O) groups is 2. The fraction of sp³-hybridized carbons (Fsp3) is 0.136. The Hall–Kier alpha value is -3.47.